The molecule has 114 valence electrons. The second-order valence-corrected chi connectivity index (χ2v) is 6.41. The number of nitrogen functional groups attached to an aromatic ring is 1. The molecular formula is C15H28N4O. The topological polar surface area (TPSA) is 73.1 Å². The van der Waals surface area contributed by atoms with E-state index >= 15 is 0 Å². The summed E-state index contributed by atoms with van der Waals surface area (Å²) in [5.41, 5.74) is 5.76. The van der Waals surface area contributed by atoms with Gasteiger partial charge in [-0.25, -0.2) is 9.97 Å². The first kappa shape index (κ1) is 16.7. The molecule has 0 fully saturated rings. The quantitative estimate of drug-likeness (QED) is 0.838. The summed E-state index contributed by atoms with van der Waals surface area (Å²) in [7, 11) is 0. The van der Waals surface area contributed by atoms with Crippen LogP contribution in [-0.4, -0.2) is 29.2 Å². The minimum Gasteiger partial charge on any atom is -0.384 e. The molecule has 1 aromatic heterocycles. The van der Waals surface area contributed by atoms with Crippen molar-refractivity contribution in [2.24, 2.45) is 5.92 Å². The van der Waals surface area contributed by atoms with Gasteiger partial charge >= 0.3 is 0 Å². The monoisotopic (exact) mass is 280 g/mol. The second kappa shape index (κ2) is 6.88. The largest absolute Gasteiger partial charge is 0.384 e. The fourth-order valence-electron chi connectivity index (χ4n) is 1.71. The molecule has 1 atom stereocenters. The molecule has 5 heteroatoms. The van der Waals surface area contributed by atoms with Gasteiger partial charge in [0.25, 0.3) is 0 Å². The number of aromatic nitrogens is 2. The van der Waals surface area contributed by atoms with Crippen LogP contribution in [0.2, 0.25) is 0 Å². The summed E-state index contributed by atoms with van der Waals surface area (Å²) in [6, 6.07) is 1.98. The molecule has 3 N–H and O–H groups in total. The summed E-state index contributed by atoms with van der Waals surface area (Å²) in [4.78, 5) is 8.89. The summed E-state index contributed by atoms with van der Waals surface area (Å²) in [5.74, 6) is 2.45. The molecule has 0 saturated carbocycles. The van der Waals surface area contributed by atoms with E-state index in [2.05, 4.69) is 49.9 Å². The number of nitrogens with one attached hydrogen (secondary N) is 1. The Morgan fingerprint density at radius 1 is 1.30 bits per heavy atom. The van der Waals surface area contributed by atoms with Gasteiger partial charge in [0, 0.05) is 18.1 Å². The van der Waals surface area contributed by atoms with Crippen LogP contribution in [-0.2, 0) is 10.2 Å². The summed E-state index contributed by atoms with van der Waals surface area (Å²) in [5, 5.41) is 3.41. The Labute approximate surface area is 122 Å². The Morgan fingerprint density at radius 2 is 1.95 bits per heavy atom. The molecule has 0 aromatic carbocycles. The Balaban J connectivity index is 2.92. The molecule has 20 heavy (non-hydrogen) atoms. The van der Waals surface area contributed by atoms with E-state index in [-0.39, 0.29) is 11.5 Å². The van der Waals surface area contributed by atoms with Crippen LogP contribution < -0.4 is 11.1 Å². The molecule has 0 saturated heterocycles. The maximum Gasteiger partial charge on any atom is 0.138 e. The summed E-state index contributed by atoms with van der Waals surface area (Å²) in [6.07, 6.45) is 0. The molecule has 0 radical (unpaired) electrons. The lowest BCUT2D eigenvalue weighted by Crippen LogP contribution is -2.32. The van der Waals surface area contributed by atoms with Crippen LogP contribution in [0.4, 0.5) is 11.6 Å². The first-order valence-electron chi connectivity index (χ1n) is 7.23. The van der Waals surface area contributed by atoms with Crippen molar-refractivity contribution in [3.05, 3.63) is 11.9 Å². The predicted octanol–water partition coefficient (Wildman–Crippen LogP) is 2.83. The number of ether oxygens (including phenoxy) is 1. The van der Waals surface area contributed by atoms with Gasteiger partial charge in [-0.1, -0.05) is 34.6 Å². The van der Waals surface area contributed by atoms with Crippen molar-refractivity contribution in [1.82, 2.24) is 9.97 Å². The Kier molecular flexibility index (Phi) is 5.74. The van der Waals surface area contributed by atoms with E-state index in [0.717, 1.165) is 11.6 Å². The molecule has 0 aliphatic rings. The van der Waals surface area contributed by atoms with E-state index in [1.807, 2.05) is 6.92 Å². The van der Waals surface area contributed by atoms with Crippen LogP contribution in [0.15, 0.2) is 6.07 Å². The second-order valence-electron chi connectivity index (χ2n) is 6.41. The number of anilines is 2. The minimum absolute atomic E-state index is 0.126. The third-order valence-corrected chi connectivity index (χ3v) is 3.06. The fourth-order valence-corrected chi connectivity index (χ4v) is 1.71. The Hall–Kier alpha value is -1.36. The van der Waals surface area contributed by atoms with Crippen molar-refractivity contribution < 1.29 is 4.74 Å². The Morgan fingerprint density at radius 3 is 2.45 bits per heavy atom. The predicted molar refractivity (Wildman–Crippen MR) is 83.9 cm³/mol. The van der Waals surface area contributed by atoms with Crippen LogP contribution >= 0.6 is 0 Å². The number of nitrogens with two attached hydrogens (primary N) is 1. The highest BCUT2D eigenvalue weighted by Gasteiger charge is 2.20. The number of rotatable bonds is 6. The maximum absolute atomic E-state index is 5.89. The van der Waals surface area contributed by atoms with Crippen LogP contribution in [0.3, 0.4) is 0 Å². The fraction of sp³-hybridized carbons (Fsp3) is 0.733. The highest BCUT2D eigenvalue weighted by Crippen LogP contribution is 2.22. The maximum atomic E-state index is 5.89. The van der Waals surface area contributed by atoms with Gasteiger partial charge in [-0.2, -0.15) is 0 Å². The van der Waals surface area contributed by atoms with Crippen molar-refractivity contribution in [2.75, 3.05) is 24.3 Å². The highest BCUT2D eigenvalue weighted by molar-refractivity contribution is 5.46. The van der Waals surface area contributed by atoms with Crippen LogP contribution in [0, 0.1) is 5.92 Å². The lowest BCUT2D eigenvalue weighted by molar-refractivity contribution is 0.126. The third kappa shape index (κ3) is 4.96. The normalized spacial score (nSPS) is 13.6. The molecule has 1 unspecified atom stereocenters. The summed E-state index contributed by atoms with van der Waals surface area (Å²) in [6.45, 7) is 13.9. The molecule has 1 heterocycles. The Bertz CT molecular complexity index is 426. The van der Waals surface area contributed by atoms with E-state index in [9.17, 15) is 0 Å². The molecule has 5 nitrogen and oxygen atoms in total. The van der Waals surface area contributed by atoms with Crippen molar-refractivity contribution >= 4 is 11.6 Å². The molecule has 0 aliphatic heterocycles. The van der Waals surface area contributed by atoms with Crippen molar-refractivity contribution in [1.29, 1.82) is 0 Å². The molecule has 0 aliphatic carbocycles. The first-order valence-corrected chi connectivity index (χ1v) is 7.23. The zero-order valence-corrected chi connectivity index (χ0v) is 13.5. The van der Waals surface area contributed by atoms with Crippen LogP contribution in [0.1, 0.15) is 47.4 Å². The van der Waals surface area contributed by atoms with E-state index in [4.69, 9.17) is 10.5 Å². The van der Waals surface area contributed by atoms with Crippen LogP contribution in [0.25, 0.3) is 0 Å². The van der Waals surface area contributed by atoms with E-state index in [1.165, 1.54) is 0 Å². The lowest BCUT2D eigenvalue weighted by Gasteiger charge is -2.24. The zero-order chi connectivity index (χ0) is 15.3. The van der Waals surface area contributed by atoms with Gasteiger partial charge in [-0.3, -0.25) is 0 Å². The summed E-state index contributed by atoms with van der Waals surface area (Å²) < 4.78 is 5.52. The minimum atomic E-state index is -0.126. The summed E-state index contributed by atoms with van der Waals surface area (Å²) >= 11 is 0. The van der Waals surface area contributed by atoms with Gasteiger partial charge in [0.15, 0.2) is 0 Å². The lowest BCUT2D eigenvalue weighted by atomic mass is 9.96. The van der Waals surface area contributed by atoms with Gasteiger partial charge < -0.3 is 15.8 Å². The molecule has 0 spiro atoms. The number of nitrogens with zero attached hydrogens (tertiary/aromatic N) is 2. The van der Waals surface area contributed by atoms with E-state index in [1.54, 1.807) is 6.07 Å². The van der Waals surface area contributed by atoms with Crippen molar-refractivity contribution in [3.63, 3.8) is 0 Å². The molecule has 1 rings (SSSR count). The van der Waals surface area contributed by atoms with E-state index in [0.29, 0.717) is 24.9 Å². The smallest absolute Gasteiger partial charge is 0.138 e. The first-order chi connectivity index (χ1) is 9.24. The average Bonchev–Trinajstić information content (AvgIpc) is 2.32. The van der Waals surface area contributed by atoms with Gasteiger partial charge in [0.05, 0.1) is 12.6 Å². The molecular weight excluding hydrogens is 252 g/mol. The van der Waals surface area contributed by atoms with Crippen molar-refractivity contribution in [2.45, 2.75) is 53.0 Å². The van der Waals surface area contributed by atoms with Gasteiger partial charge in [-0.05, 0) is 12.8 Å². The average molecular weight is 280 g/mol. The van der Waals surface area contributed by atoms with Gasteiger partial charge in [-0.15, -0.1) is 0 Å². The molecule has 0 amide bonds. The standard InChI is InChI=1S/C15H28N4O/c1-7-20-9-11(10(2)3)17-13-8-12(16)18-14(19-13)15(4,5)6/h8,10-11H,7,9H2,1-6H3,(H3,16,17,18,19). The number of hydrogen-bond acceptors (Lipinski definition) is 5. The SMILES string of the molecule is CCOCC(Nc1cc(N)nc(C(C)(C)C)n1)C(C)C. The van der Waals surface area contributed by atoms with Crippen molar-refractivity contribution in [3.8, 4) is 0 Å². The van der Waals surface area contributed by atoms with Crippen LogP contribution in [0.5, 0.6) is 0 Å². The molecule has 0 bridgehead atoms. The van der Waals surface area contributed by atoms with Gasteiger partial charge in [0.1, 0.15) is 17.5 Å². The highest BCUT2D eigenvalue weighted by atomic mass is 16.5. The molecule has 1 aromatic rings. The number of hydrogen-bond donors (Lipinski definition) is 2. The van der Waals surface area contributed by atoms with Gasteiger partial charge in [0.2, 0.25) is 0 Å². The third-order valence-electron chi connectivity index (χ3n) is 3.06. The van der Waals surface area contributed by atoms with E-state index < -0.39 is 0 Å². The zero-order valence-electron chi connectivity index (χ0n) is 13.5.